The summed E-state index contributed by atoms with van der Waals surface area (Å²) >= 11 is 0. The van der Waals surface area contributed by atoms with Gasteiger partial charge < -0.3 is 94.3 Å². The summed E-state index contributed by atoms with van der Waals surface area (Å²) in [7, 11) is 0. The van der Waals surface area contributed by atoms with Crippen molar-refractivity contribution in [3.05, 3.63) is 0 Å². The molecule has 8 unspecified atom stereocenters. The molecule has 0 saturated carbocycles. The van der Waals surface area contributed by atoms with E-state index in [1.165, 1.54) is 13.8 Å². The molecule has 49 heavy (non-hydrogen) atoms. The second kappa shape index (κ2) is 17.5. The molecule has 1 amide bonds. The van der Waals surface area contributed by atoms with Gasteiger partial charge in [-0.2, -0.15) is 0 Å². The van der Waals surface area contributed by atoms with E-state index in [2.05, 4.69) is 5.32 Å². The summed E-state index contributed by atoms with van der Waals surface area (Å²) in [6, 6.07) is -1.49. The van der Waals surface area contributed by atoms with Gasteiger partial charge in [-0.05, 0) is 20.3 Å². The summed E-state index contributed by atoms with van der Waals surface area (Å²) in [6.07, 6.45) is -29.3. The summed E-state index contributed by atoms with van der Waals surface area (Å²) in [5.74, 6) is -0.673. The van der Waals surface area contributed by atoms with E-state index in [1.54, 1.807) is 0 Å². The first-order valence-corrected chi connectivity index (χ1v) is 16.3. The number of aliphatic hydroxyl groups is 10. The second-order valence-electron chi connectivity index (χ2n) is 12.7. The van der Waals surface area contributed by atoms with Crippen molar-refractivity contribution in [1.82, 2.24) is 5.32 Å². The lowest BCUT2D eigenvalue weighted by Gasteiger charge is -2.50. The smallest absolute Gasteiger partial charge is 0.217 e. The van der Waals surface area contributed by atoms with Gasteiger partial charge in [0.15, 0.2) is 25.2 Å². The SMILES string of the molecule is CCCO[C@@H]1OC(C)[C@H](O)[C@@H](O)C1O[C@@H]1OC(C)[C@H](O)[C@@H](O[C@H]2O[C@H](CO)[C@@H](O)C(O)C2O)C1O[C@@H]1OC(CO)[C@H](O)C(O)[C@H]1NC(C)=O. The molecule has 20 heteroatoms. The van der Waals surface area contributed by atoms with E-state index >= 15 is 0 Å². The van der Waals surface area contributed by atoms with Crippen LogP contribution in [0.1, 0.15) is 34.1 Å². The van der Waals surface area contributed by atoms with Crippen molar-refractivity contribution >= 4 is 5.91 Å². The maximum Gasteiger partial charge on any atom is 0.217 e. The minimum absolute atomic E-state index is 0.167. The van der Waals surface area contributed by atoms with Gasteiger partial charge >= 0.3 is 0 Å². The first kappa shape index (κ1) is 40.5. The van der Waals surface area contributed by atoms with Gasteiger partial charge in [0.25, 0.3) is 0 Å². The van der Waals surface area contributed by atoms with Crippen LogP contribution in [0.4, 0.5) is 0 Å². The lowest BCUT2D eigenvalue weighted by Crippen LogP contribution is -2.69. The van der Waals surface area contributed by atoms with Crippen LogP contribution < -0.4 is 5.32 Å². The van der Waals surface area contributed by atoms with Crippen LogP contribution in [0.3, 0.4) is 0 Å². The lowest BCUT2D eigenvalue weighted by molar-refractivity contribution is -0.401. The number of carbonyl (C=O) groups excluding carboxylic acids is 1. The van der Waals surface area contributed by atoms with E-state index in [0.717, 1.165) is 6.92 Å². The molecular weight excluding hydrogens is 666 g/mol. The Labute approximate surface area is 281 Å². The fourth-order valence-electron chi connectivity index (χ4n) is 6.14. The number of hydrogen-bond donors (Lipinski definition) is 11. The molecule has 4 saturated heterocycles. The van der Waals surface area contributed by atoms with Gasteiger partial charge in [0.05, 0.1) is 25.4 Å². The van der Waals surface area contributed by atoms with Gasteiger partial charge in [-0.1, -0.05) is 6.92 Å². The number of amides is 1. The molecule has 0 bridgehead atoms. The molecule has 0 aromatic carbocycles. The summed E-state index contributed by atoms with van der Waals surface area (Å²) in [4.78, 5) is 12.1. The molecule has 11 N–H and O–H groups in total. The van der Waals surface area contributed by atoms with Crippen LogP contribution >= 0.6 is 0 Å². The quantitative estimate of drug-likeness (QED) is 0.0895. The molecule has 0 radical (unpaired) electrons. The van der Waals surface area contributed by atoms with Crippen molar-refractivity contribution in [1.29, 1.82) is 0 Å². The zero-order valence-corrected chi connectivity index (χ0v) is 27.5. The molecule has 4 heterocycles. The average Bonchev–Trinajstić information content (AvgIpc) is 3.07. The highest BCUT2D eigenvalue weighted by Gasteiger charge is 2.56. The Morgan fingerprint density at radius 3 is 1.71 bits per heavy atom. The van der Waals surface area contributed by atoms with E-state index < -0.39 is 142 Å². The molecule has 4 fully saturated rings. The van der Waals surface area contributed by atoms with Crippen LogP contribution in [0.15, 0.2) is 0 Å². The molecule has 20 nitrogen and oxygen atoms in total. The highest BCUT2D eigenvalue weighted by Crippen LogP contribution is 2.36. The van der Waals surface area contributed by atoms with Crippen molar-refractivity contribution in [2.75, 3.05) is 19.8 Å². The maximum absolute atomic E-state index is 12.1. The fraction of sp³-hybridized carbons (Fsp3) is 0.966. The molecular formula is C29H51NO19. The molecule has 0 aromatic heterocycles. The molecule has 0 aromatic rings. The molecule has 4 rings (SSSR count). The zero-order valence-electron chi connectivity index (χ0n) is 27.5. The summed E-state index contributed by atoms with van der Waals surface area (Å²) < 4.78 is 47.0. The Morgan fingerprint density at radius 2 is 1.12 bits per heavy atom. The van der Waals surface area contributed by atoms with E-state index in [9.17, 15) is 55.9 Å². The first-order valence-electron chi connectivity index (χ1n) is 16.3. The molecule has 0 spiro atoms. The molecule has 4 aliphatic heterocycles. The van der Waals surface area contributed by atoms with Crippen molar-refractivity contribution < 1.29 is 93.8 Å². The Bertz CT molecular complexity index is 1040. The van der Waals surface area contributed by atoms with Crippen LogP contribution in [-0.4, -0.2) is 200 Å². The Balaban J connectivity index is 1.73. The van der Waals surface area contributed by atoms with Crippen LogP contribution in [0, 0.1) is 0 Å². The average molecular weight is 718 g/mol. The molecule has 0 aliphatic carbocycles. The third kappa shape index (κ3) is 8.87. The number of ether oxygens (including phenoxy) is 8. The topological polar surface area (TPSA) is 305 Å². The number of hydrogen-bond acceptors (Lipinski definition) is 19. The van der Waals surface area contributed by atoms with Gasteiger partial charge in [-0.25, -0.2) is 0 Å². The third-order valence-electron chi connectivity index (χ3n) is 9.00. The van der Waals surface area contributed by atoms with Gasteiger partial charge in [0.1, 0.15) is 85.4 Å². The molecule has 20 atom stereocenters. The van der Waals surface area contributed by atoms with Crippen LogP contribution in [0.25, 0.3) is 0 Å². The van der Waals surface area contributed by atoms with Gasteiger partial charge in [0, 0.05) is 13.5 Å². The van der Waals surface area contributed by atoms with Gasteiger partial charge in [-0.3, -0.25) is 4.79 Å². The fourth-order valence-corrected chi connectivity index (χ4v) is 6.14. The number of aliphatic hydroxyl groups excluding tert-OH is 10. The van der Waals surface area contributed by atoms with E-state index in [0.29, 0.717) is 6.42 Å². The number of carbonyl (C=O) groups is 1. The minimum atomic E-state index is -1.92. The van der Waals surface area contributed by atoms with Gasteiger partial charge in [-0.15, -0.1) is 0 Å². The van der Waals surface area contributed by atoms with Crippen molar-refractivity contribution in [2.24, 2.45) is 0 Å². The van der Waals surface area contributed by atoms with Crippen LogP contribution in [-0.2, 0) is 42.7 Å². The summed E-state index contributed by atoms with van der Waals surface area (Å²) in [5, 5.41) is 108. The van der Waals surface area contributed by atoms with Crippen molar-refractivity contribution in [2.45, 2.75) is 157 Å². The Hall–Kier alpha value is -1.25. The molecule has 286 valence electrons. The highest BCUT2D eigenvalue weighted by molar-refractivity contribution is 5.73. The van der Waals surface area contributed by atoms with E-state index in [1.807, 2.05) is 6.92 Å². The third-order valence-corrected chi connectivity index (χ3v) is 9.00. The Morgan fingerprint density at radius 1 is 0.592 bits per heavy atom. The van der Waals surface area contributed by atoms with E-state index in [4.69, 9.17) is 37.9 Å². The first-order chi connectivity index (χ1) is 23.1. The van der Waals surface area contributed by atoms with Gasteiger partial charge in [0.2, 0.25) is 5.91 Å². The van der Waals surface area contributed by atoms with Crippen molar-refractivity contribution in [3.8, 4) is 0 Å². The largest absolute Gasteiger partial charge is 0.394 e. The van der Waals surface area contributed by atoms with E-state index in [-0.39, 0.29) is 6.61 Å². The van der Waals surface area contributed by atoms with Crippen LogP contribution in [0.5, 0.6) is 0 Å². The minimum Gasteiger partial charge on any atom is -0.394 e. The maximum atomic E-state index is 12.1. The van der Waals surface area contributed by atoms with Crippen molar-refractivity contribution in [3.63, 3.8) is 0 Å². The lowest BCUT2D eigenvalue weighted by atomic mass is 9.95. The number of nitrogens with one attached hydrogen (secondary N) is 1. The zero-order chi connectivity index (χ0) is 36.3. The normalized spacial score (nSPS) is 49.4. The standard InChI is InChI=1S/C29H51NO19/c1-5-6-42-28-24(21(40)15(34)9(2)43-28)48-29-25(49-26-14(30-11(4)33)19(38)17(36)12(7-31)45-26)23(16(35)10(3)44-29)47-27-22(41)20(39)18(37)13(8-32)46-27/h9-10,12-29,31-32,34-41H,5-8H2,1-4H3,(H,30,33)/t9?,10?,12?,13-,14-,15+,16+,17+,18-,19?,20?,21-,22?,23-,24?,25?,26+,27-,28-,29+/m1/s1. The molecule has 4 aliphatic rings. The Kier molecular flexibility index (Phi) is 14.5. The van der Waals surface area contributed by atoms with Crippen LogP contribution in [0.2, 0.25) is 0 Å². The predicted octanol–water partition coefficient (Wildman–Crippen LogP) is -6.12. The number of rotatable bonds is 12. The summed E-state index contributed by atoms with van der Waals surface area (Å²) in [6.45, 7) is 4.45. The monoisotopic (exact) mass is 717 g/mol. The summed E-state index contributed by atoms with van der Waals surface area (Å²) in [5.41, 5.74) is 0. The highest BCUT2D eigenvalue weighted by atomic mass is 16.8. The second-order valence-corrected chi connectivity index (χ2v) is 12.7. The predicted molar refractivity (Wildman–Crippen MR) is 157 cm³/mol.